The molecule has 4 nitrogen and oxygen atoms in total. The Morgan fingerprint density at radius 3 is 2.67 bits per heavy atom. The summed E-state index contributed by atoms with van der Waals surface area (Å²) in [6.07, 6.45) is 4.51. The van der Waals surface area contributed by atoms with Gasteiger partial charge in [0.2, 0.25) is 5.91 Å². The molecule has 0 bridgehead atoms. The van der Waals surface area contributed by atoms with Crippen molar-refractivity contribution in [2.24, 2.45) is 11.7 Å². The van der Waals surface area contributed by atoms with Crippen LogP contribution in [0.4, 0.5) is 0 Å². The SMILES string of the molecule is CC(C)(CCC(N)Cc1ccccc1)ONC(=O)C1CC1. The number of nitrogens with two attached hydrogens (primary N) is 1. The number of rotatable bonds is 8. The molecule has 1 fully saturated rings. The van der Waals surface area contributed by atoms with Gasteiger partial charge in [-0.05, 0) is 51.5 Å². The molecule has 2 rings (SSSR count). The third-order valence-corrected chi connectivity index (χ3v) is 3.83. The summed E-state index contributed by atoms with van der Waals surface area (Å²) in [5.74, 6) is 0.179. The van der Waals surface area contributed by atoms with Gasteiger partial charge in [-0.3, -0.25) is 9.63 Å². The zero-order chi connectivity index (χ0) is 15.3. The third kappa shape index (κ3) is 5.86. The lowest BCUT2D eigenvalue weighted by Crippen LogP contribution is -2.38. The van der Waals surface area contributed by atoms with E-state index in [4.69, 9.17) is 10.6 Å². The van der Waals surface area contributed by atoms with Crippen molar-refractivity contribution >= 4 is 5.91 Å². The first kappa shape index (κ1) is 16.0. The molecule has 1 amide bonds. The average molecular weight is 290 g/mol. The maximum absolute atomic E-state index is 11.6. The predicted molar refractivity (Wildman–Crippen MR) is 83.4 cm³/mol. The molecule has 1 atom stereocenters. The van der Waals surface area contributed by atoms with E-state index in [0.29, 0.717) is 0 Å². The number of nitrogens with one attached hydrogen (secondary N) is 1. The molecule has 1 aliphatic rings. The van der Waals surface area contributed by atoms with Gasteiger partial charge in [-0.1, -0.05) is 30.3 Å². The highest BCUT2D eigenvalue weighted by atomic mass is 16.7. The predicted octanol–water partition coefficient (Wildman–Crippen LogP) is 2.57. The van der Waals surface area contributed by atoms with E-state index >= 15 is 0 Å². The van der Waals surface area contributed by atoms with E-state index in [1.165, 1.54) is 5.56 Å². The Morgan fingerprint density at radius 2 is 2.05 bits per heavy atom. The largest absolute Gasteiger partial charge is 0.327 e. The molecule has 1 unspecified atom stereocenters. The fraction of sp³-hybridized carbons (Fsp3) is 0.588. The summed E-state index contributed by atoms with van der Waals surface area (Å²) in [6.45, 7) is 3.96. The quantitative estimate of drug-likeness (QED) is 0.723. The molecule has 1 aromatic rings. The molecule has 0 aromatic heterocycles. The number of carbonyl (C=O) groups excluding carboxylic acids is 1. The zero-order valence-electron chi connectivity index (χ0n) is 13.0. The molecule has 1 saturated carbocycles. The lowest BCUT2D eigenvalue weighted by Gasteiger charge is -2.26. The second-order valence-corrected chi connectivity index (χ2v) is 6.59. The average Bonchev–Trinajstić information content (AvgIpc) is 3.29. The standard InChI is InChI=1S/C17H26N2O2/c1-17(2,21-19-16(20)14-8-9-14)11-10-15(18)12-13-6-4-3-5-7-13/h3-7,14-15H,8-12,18H2,1-2H3,(H,19,20). The van der Waals surface area contributed by atoms with Gasteiger partial charge in [-0.15, -0.1) is 0 Å². The van der Waals surface area contributed by atoms with Crippen LogP contribution in [0.25, 0.3) is 0 Å². The first-order chi connectivity index (χ1) is 9.96. The monoisotopic (exact) mass is 290 g/mol. The summed E-state index contributed by atoms with van der Waals surface area (Å²) in [5.41, 5.74) is 9.63. The van der Waals surface area contributed by atoms with E-state index < -0.39 is 5.60 Å². The highest BCUT2D eigenvalue weighted by Gasteiger charge is 2.31. The maximum Gasteiger partial charge on any atom is 0.246 e. The van der Waals surface area contributed by atoms with Crippen LogP contribution in [-0.4, -0.2) is 17.6 Å². The van der Waals surface area contributed by atoms with Crippen LogP contribution in [0.15, 0.2) is 30.3 Å². The van der Waals surface area contributed by atoms with Crippen molar-refractivity contribution in [3.8, 4) is 0 Å². The van der Waals surface area contributed by atoms with E-state index in [1.807, 2.05) is 32.0 Å². The fourth-order valence-electron chi connectivity index (χ4n) is 2.22. The Labute approximate surface area is 127 Å². The molecule has 1 aliphatic carbocycles. The van der Waals surface area contributed by atoms with E-state index in [9.17, 15) is 4.79 Å². The van der Waals surface area contributed by atoms with Crippen molar-refractivity contribution in [1.82, 2.24) is 5.48 Å². The van der Waals surface area contributed by atoms with Crippen LogP contribution < -0.4 is 11.2 Å². The minimum Gasteiger partial charge on any atom is -0.327 e. The number of hydrogen-bond donors (Lipinski definition) is 2. The summed E-state index contributed by atoms with van der Waals surface area (Å²) in [5, 5.41) is 0. The number of carbonyl (C=O) groups is 1. The van der Waals surface area contributed by atoms with Crippen molar-refractivity contribution in [1.29, 1.82) is 0 Å². The van der Waals surface area contributed by atoms with E-state index in [0.717, 1.165) is 32.1 Å². The van der Waals surface area contributed by atoms with Gasteiger partial charge in [-0.25, -0.2) is 5.48 Å². The van der Waals surface area contributed by atoms with Crippen LogP contribution in [0.3, 0.4) is 0 Å². The summed E-state index contributed by atoms with van der Waals surface area (Å²) in [6, 6.07) is 10.4. The molecule has 0 saturated heterocycles. The minimum atomic E-state index is -0.390. The molecule has 4 heteroatoms. The van der Waals surface area contributed by atoms with Crippen LogP contribution in [-0.2, 0) is 16.1 Å². The van der Waals surface area contributed by atoms with Gasteiger partial charge in [0.25, 0.3) is 0 Å². The van der Waals surface area contributed by atoms with Crippen molar-refractivity contribution in [3.05, 3.63) is 35.9 Å². The van der Waals surface area contributed by atoms with Crippen LogP contribution in [0.2, 0.25) is 0 Å². The third-order valence-electron chi connectivity index (χ3n) is 3.83. The van der Waals surface area contributed by atoms with Gasteiger partial charge < -0.3 is 5.73 Å². The number of benzene rings is 1. The van der Waals surface area contributed by atoms with Crippen molar-refractivity contribution in [2.45, 2.75) is 57.6 Å². The highest BCUT2D eigenvalue weighted by Crippen LogP contribution is 2.29. The minimum absolute atomic E-state index is 0.0108. The fourth-order valence-corrected chi connectivity index (χ4v) is 2.22. The van der Waals surface area contributed by atoms with Gasteiger partial charge in [0.1, 0.15) is 0 Å². The summed E-state index contributed by atoms with van der Waals surface area (Å²) in [7, 11) is 0. The normalized spacial score (nSPS) is 16.5. The molecule has 0 aliphatic heterocycles. The van der Waals surface area contributed by atoms with Gasteiger partial charge >= 0.3 is 0 Å². The molecular weight excluding hydrogens is 264 g/mol. The Balaban J connectivity index is 1.68. The van der Waals surface area contributed by atoms with Crippen LogP contribution in [0.1, 0.15) is 45.1 Å². The highest BCUT2D eigenvalue weighted by molar-refractivity contribution is 5.79. The number of hydroxylamine groups is 1. The van der Waals surface area contributed by atoms with Crippen molar-refractivity contribution < 1.29 is 9.63 Å². The Kier molecular flexibility index (Phi) is 5.37. The topological polar surface area (TPSA) is 64.3 Å². The lowest BCUT2D eigenvalue weighted by molar-refractivity contribution is -0.150. The van der Waals surface area contributed by atoms with Crippen LogP contribution in [0.5, 0.6) is 0 Å². The Hall–Kier alpha value is -1.39. The number of amides is 1. The van der Waals surface area contributed by atoms with Crippen LogP contribution in [0, 0.1) is 5.92 Å². The molecule has 3 N–H and O–H groups in total. The molecule has 1 aromatic carbocycles. The summed E-state index contributed by atoms with van der Waals surface area (Å²) in [4.78, 5) is 17.1. The first-order valence-electron chi connectivity index (χ1n) is 7.74. The lowest BCUT2D eigenvalue weighted by atomic mass is 9.96. The molecule has 116 valence electrons. The second-order valence-electron chi connectivity index (χ2n) is 6.59. The van der Waals surface area contributed by atoms with Gasteiger partial charge in [-0.2, -0.15) is 0 Å². The molecule has 0 heterocycles. The molecule has 0 spiro atoms. The smallest absolute Gasteiger partial charge is 0.246 e. The molecular formula is C17H26N2O2. The zero-order valence-corrected chi connectivity index (χ0v) is 13.0. The van der Waals surface area contributed by atoms with Crippen molar-refractivity contribution in [2.75, 3.05) is 0 Å². The van der Waals surface area contributed by atoms with Gasteiger partial charge in [0.15, 0.2) is 0 Å². The summed E-state index contributed by atoms with van der Waals surface area (Å²) < 4.78 is 0. The van der Waals surface area contributed by atoms with Crippen LogP contribution >= 0.6 is 0 Å². The summed E-state index contributed by atoms with van der Waals surface area (Å²) >= 11 is 0. The van der Waals surface area contributed by atoms with E-state index in [2.05, 4.69) is 17.6 Å². The van der Waals surface area contributed by atoms with E-state index in [-0.39, 0.29) is 17.9 Å². The Morgan fingerprint density at radius 1 is 1.38 bits per heavy atom. The molecule has 21 heavy (non-hydrogen) atoms. The number of hydrogen-bond acceptors (Lipinski definition) is 3. The first-order valence-corrected chi connectivity index (χ1v) is 7.74. The second kappa shape index (κ2) is 7.05. The maximum atomic E-state index is 11.6. The van der Waals surface area contributed by atoms with Crippen molar-refractivity contribution in [3.63, 3.8) is 0 Å². The van der Waals surface area contributed by atoms with E-state index in [1.54, 1.807) is 0 Å². The van der Waals surface area contributed by atoms with Gasteiger partial charge in [0, 0.05) is 12.0 Å². The van der Waals surface area contributed by atoms with Gasteiger partial charge in [0.05, 0.1) is 5.60 Å². The Bertz CT molecular complexity index is 455. The molecule has 0 radical (unpaired) electrons.